The van der Waals surface area contributed by atoms with Crippen molar-refractivity contribution < 1.29 is 8.78 Å². The Hall–Kier alpha value is -2.23. The molecule has 3 aromatic rings. The van der Waals surface area contributed by atoms with Crippen LogP contribution in [-0.2, 0) is 6.42 Å². The molecular weight excluding hydrogens is 246 g/mol. The third-order valence-electron chi connectivity index (χ3n) is 3.19. The van der Waals surface area contributed by atoms with E-state index >= 15 is 0 Å². The van der Waals surface area contributed by atoms with Crippen LogP contribution in [0.3, 0.4) is 0 Å². The lowest BCUT2D eigenvalue weighted by Crippen LogP contribution is -1.96. The minimum Gasteiger partial charge on any atom is -0.338 e. The Bertz CT molecular complexity index is 714. The quantitative estimate of drug-likeness (QED) is 0.737. The van der Waals surface area contributed by atoms with Crippen molar-refractivity contribution in [2.45, 2.75) is 13.3 Å². The number of rotatable bonds is 2. The summed E-state index contributed by atoms with van der Waals surface area (Å²) in [6.45, 7) is 1.79. The molecule has 0 saturated heterocycles. The third kappa shape index (κ3) is 1.89. The zero-order chi connectivity index (χ0) is 13.4. The Morgan fingerprint density at radius 3 is 2.58 bits per heavy atom. The first-order valence-corrected chi connectivity index (χ1v) is 6.12. The zero-order valence-electron chi connectivity index (χ0n) is 10.4. The van der Waals surface area contributed by atoms with Gasteiger partial charge in [-0.3, -0.25) is 0 Å². The van der Waals surface area contributed by atoms with Gasteiger partial charge in [0.05, 0.1) is 16.6 Å². The summed E-state index contributed by atoms with van der Waals surface area (Å²) in [5, 5.41) is 0. The van der Waals surface area contributed by atoms with Crippen LogP contribution in [0.15, 0.2) is 36.4 Å². The van der Waals surface area contributed by atoms with E-state index in [4.69, 9.17) is 0 Å². The van der Waals surface area contributed by atoms with Gasteiger partial charge in [0.1, 0.15) is 5.82 Å². The van der Waals surface area contributed by atoms with Crippen LogP contribution < -0.4 is 0 Å². The fourth-order valence-electron chi connectivity index (χ4n) is 2.13. The maximum Gasteiger partial charge on any atom is 0.170 e. The summed E-state index contributed by atoms with van der Waals surface area (Å²) >= 11 is 0. The van der Waals surface area contributed by atoms with Crippen LogP contribution in [0.4, 0.5) is 8.78 Å². The molecule has 0 radical (unpaired) electrons. The molecule has 0 bridgehead atoms. The first kappa shape index (κ1) is 11.8. The number of halogens is 2. The molecule has 0 atom stereocenters. The summed E-state index contributed by atoms with van der Waals surface area (Å²) in [5.41, 5.74) is 2.07. The zero-order valence-corrected chi connectivity index (χ0v) is 10.4. The Morgan fingerprint density at radius 1 is 1.05 bits per heavy atom. The average Bonchev–Trinajstić information content (AvgIpc) is 2.85. The number of aromatic nitrogens is 2. The van der Waals surface area contributed by atoms with Crippen molar-refractivity contribution in [3.8, 4) is 11.4 Å². The monoisotopic (exact) mass is 258 g/mol. The molecule has 4 heteroatoms. The molecule has 0 amide bonds. The van der Waals surface area contributed by atoms with Crippen LogP contribution >= 0.6 is 0 Å². The molecule has 1 heterocycles. The van der Waals surface area contributed by atoms with Gasteiger partial charge in [-0.2, -0.15) is 0 Å². The van der Waals surface area contributed by atoms with E-state index in [1.54, 1.807) is 19.1 Å². The number of hydrogen-bond donors (Lipinski definition) is 1. The number of nitrogens with one attached hydrogen (secondary N) is 1. The van der Waals surface area contributed by atoms with Gasteiger partial charge in [0, 0.05) is 0 Å². The van der Waals surface area contributed by atoms with E-state index in [0.29, 0.717) is 17.8 Å². The second-order valence-electron chi connectivity index (χ2n) is 4.36. The molecule has 3 rings (SSSR count). The molecule has 19 heavy (non-hydrogen) atoms. The van der Waals surface area contributed by atoms with Gasteiger partial charge in [0.2, 0.25) is 0 Å². The molecule has 2 nitrogen and oxygen atoms in total. The van der Waals surface area contributed by atoms with Crippen LogP contribution in [0, 0.1) is 11.6 Å². The van der Waals surface area contributed by atoms with Crippen LogP contribution in [0.1, 0.15) is 12.5 Å². The van der Waals surface area contributed by atoms with Crippen molar-refractivity contribution >= 4 is 11.0 Å². The number of hydrogen-bond acceptors (Lipinski definition) is 1. The van der Waals surface area contributed by atoms with Crippen molar-refractivity contribution in [1.82, 2.24) is 9.97 Å². The molecular formula is C15H12F2N2. The topological polar surface area (TPSA) is 28.7 Å². The number of nitrogens with zero attached hydrogens (tertiary/aromatic N) is 1. The van der Waals surface area contributed by atoms with Crippen LogP contribution in [0.5, 0.6) is 0 Å². The van der Waals surface area contributed by atoms with E-state index in [2.05, 4.69) is 9.97 Å². The molecule has 1 N–H and O–H groups in total. The Balaban J connectivity index is 2.18. The van der Waals surface area contributed by atoms with Gasteiger partial charge in [-0.05, 0) is 30.2 Å². The molecule has 0 unspecified atom stereocenters. The van der Waals surface area contributed by atoms with Gasteiger partial charge in [0.25, 0.3) is 0 Å². The molecule has 0 aliphatic heterocycles. The lowest BCUT2D eigenvalue weighted by atomic mass is 10.1. The highest BCUT2D eigenvalue weighted by atomic mass is 19.2. The summed E-state index contributed by atoms with van der Waals surface area (Å²) in [6.07, 6.45) is 0.461. The van der Waals surface area contributed by atoms with Crippen molar-refractivity contribution in [2.24, 2.45) is 0 Å². The van der Waals surface area contributed by atoms with Crippen molar-refractivity contribution in [3.05, 3.63) is 53.6 Å². The number of aromatic amines is 1. The van der Waals surface area contributed by atoms with Crippen LogP contribution in [0.2, 0.25) is 0 Å². The molecule has 0 aliphatic carbocycles. The second kappa shape index (κ2) is 4.46. The minimum atomic E-state index is -0.849. The summed E-state index contributed by atoms with van der Waals surface area (Å²) in [7, 11) is 0. The van der Waals surface area contributed by atoms with Crippen LogP contribution in [0.25, 0.3) is 22.4 Å². The van der Waals surface area contributed by atoms with Crippen molar-refractivity contribution in [2.75, 3.05) is 0 Å². The number of benzene rings is 2. The average molecular weight is 258 g/mol. The number of H-pyrrole nitrogens is 1. The molecule has 0 aliphatic rings. The summed E-state index contributed by atoms with van der Waals surface area (Å²) in [5.74, 6) is -1.29. The predicted octanol–water partition coefficient (Wildman–Crippen LogP) is 4.07. The number of imidazole rings is 1. The van der Waals surface area contributed by atoms with Crippen molar-refractivity contribution in [3.63, 3.8) is 0 Å². The predicted molar refractivity (Wildman–Crippen MR) is 70.8 cm³/mol. The fraction of sp³-hybridized carbons (Fsp3) is 0.133. The maximum absolute atomic E-state index is 14.0. The van der Waals surface area contributed by atoms with Crippen LogP contribution in [-0.4, -0.2) is 9.97 Å². The Kier molecular flexibility index (Phi) is 2.78. The number of aryl methyl sites for hydroxylation is 1. The van der Waals surface area contributed by atoms with Gasteiger partial charge in [-0.1, -0.05) is 25.1 Å². The number of para-hydroxylation sites is 2. The largest absolute Gasteiger partial charge is 0.338 e. The Labute approximate surface area is 109 Å². The molecule has 0 fully saturated rings. The minimum absolute atomic E-state index is 0.158. The van der Waals surface area contributed by atoms with E-state index < -0.39 is 11.6 Å². The van der Waals surface area contributed by atoms with Gasteiger partial charge in [-0.25, -0.2) is 13.8 Å². The van der Waals surface area contributed by atoms with E-state index in [1.165, 1.54) is 0 Å². The molecule has 96 valence electrons. The first-order chi connectivity index (χ1) is 9.20. The van der Waals surface area contributed by atoms with Gasteiger partial charge < -0.3 is 4.98 Å². The molecule has 1 aromatic heterocycles. The Morgan fingerprint density at radius 2 is 1.84 bits per heavy atom. The highest BCUT2D eigenvalue weighted by Gasteiger charge is 2.16. The lowest BCUT2D eigenvalue weighted by Gasteiger charge is -2.04. The SMILES string of the molecule is CCc1ccc(-c2nc3ccccc3[nH]2)c(F)c1F. The van der Waals surface area contributed by atoms with Crippen molar-refractivity contribution in [1.29, 1.82) is 0 Å². The summed E-state index contributed by atoms with van der Waals surface area (Å²) < 4.78 is 27.8. The lowest BCUT2D eigenvalue weighted by molar-refractivity contribution is 0.502. The normalized spacial score (nSPS) is 11.1. The van der Waals surface area contributed by atoms with E-state index in [0.717, 1.165) is 11.0 Å². The van der Waals surface area contributed by atoms with Gasteiger partial charge >= 0.3 is 0 Å². The van der Waals surface area contributed by atoms with E-state index in [1.807, 2.05) is 24.3 Å². The standard InChI is InChI=1S/C15H12F2N2/c1-2-9-7-8-10(14(17)13(9)16)15-18-11-5-3-4-6-12(11)19-15/h3-8H,2H2,1H3,(H,18,19). The summed E-state index contributed by atoms with van der Waals surface area (Å²) in [6, 6.07) is 10.5. The fourth-order valence-corrected chi connectivity index (χ4v) is 2.13. The summed E-state index contributed by atoms with van der Waals surface area (Å²) in [4.78, 5) is 7.28. The molecule has 0 saturated carbocycles. The molecule has 0 spiro atoms. The second-order valence-corrected chi connectivity index (χ2v) is 4.36. The highest BCUT2D eigenvalue weighted by Crippen LogP contribution is 2.26. The van der Waals surface area contributed by atoms with E-state index in [9.17, 15) is 8.78 Å². The third-order valence-corrected chi connectivity index (χ3v) is 3.19. The smallest absolute Gasteiger partial charge is 0.170 e. The first-order valence-electron chi connectivity index (χ1n) is 6.12. The number of fused-ring (bicyclic) bond motifs is 1. The highest BCUT2D eigenvalue weighted by molar-refractivity contribution is 5.79. The molecule has 2 aromatic carbocycles. The van der Waals surface area contributed by atoms with E-state index in [-0.39, 0.29) is 5.56 Å². The van der Waals surface area contributed by atoms with Gasteiger partial charge in [0.15, 0.2) is 11.6 Å². The maximum atomic E-state index is 14.0. The van der Waals surface area contributed by atoms with Gasteiger partial charge in [-0.15, -0.1) is 0 Å².